The van der Waals surface area contributed by atoms with Crippen LogP contribution >= 0.6 is 0 Å². The van der Waals surface area contributed by atoms with Crippen LogP contribution in [-0.2, 0) is 6.42 Å². The van der Waals surface area contributed by atoms with Crippen molar-refractivity contribution in [1.82, 2.24) is 9.94 Å². The van der Waals surface area contributed by atoms with Gasteiger partial charge in [0.2, 0.25) is 0 Å². The monoisotopic (exact) mass is 441 g/mol. The number of hydrogen-bond acceptors (Lipinski definition) is 3. The van der Waals surface area contributed by atoms with Gasteiger partial charge in [-0.3, -0.25) is 0 Å². The van der Waals surface area contributed by atoms with Crippen LogP contribution < -0.4 is 4.84 Å². The van der Waals surface area contributed by atoms with Gasteiger partial charge < -0.3 is 4.84 Å². The molecule has 4 nitrogen and oxygen atoms in total. The van der Waals surface area contributed by atoms with Gasteiger partial charge in [0.15, 0.2) is 6.10 Å². The van der Waals surface area contributed by atoms with E-state index in [9.17, 15) is 18.4 Å². The SMILES string of the molecule is CCCCc1nn(OC(CC(F)(F)F)c2ccc(-c3ccccc3C#N)cc2)c(C)c1C. The van der Waals surface area contributed by atoms with E-state index in [2.05, 4.69) is 18.1 Å². The predicted octanol–water partition coefficient (Wildman–Crippen LogP) is 6.50. The molecule has 0 radical (unpaired) electrons. The van der Waals surface area contributed by atoms with Crippen molar-refractivity contribution in [3.8, 4) is 17.2 Å². The Kier molecular flexibility index (Phi) is 7.24. The predicted molar refractivity (Wildman–Crippen MR) is 117 cm³/mol. The van der Waals surface area contributed by atoms with E-state index in [4.69, 9.17) is 4.84 Å². The standard InChI is InChI=1S/C25H26F3N3O/c1-4-5-10-23-17(2)18(3)31(30-23)32-24(15-25(26,27)28)20-13-11-19(12-14-20)22-9-7-6-8-21(22)16-29/h6-9,11-14,24H,4-5,10,15H2,1-3H3. The lowest BCUT2D eigenvalue weighted by Crippen LogP contribution is -2.25. The third kappa shape index (κ3) is 5.50. The number of halogens is 3. The Morgan fingerprint density at radius 2 is 1.78 bits per heavy atom. The zero-order valence-corrected chi connectivity index (χ0v) is 18.4. The van der Waals surface area contributed by atoms with Gasteiger partial charge in [0.1, 0.15) is 0 Å². The number of unbranched alkanes of at least 4 members (excludes halogenated alkanes) is 1. The molecule has 1 unspecified atom stereocenters. The van der Waals surface area contributed by atoms with Crippen LogP contribution in [0.25, 0.3) is 11.1 Å². The quantitative estimate of drug-likeness (QED) is 0.401. The van der Waals surface area contributed by atoms with Crippen LogP contribution in [0.5, 0.6) is 0 Å². The molecular weight excluding hydrogens is 415 g/mol. The maximum absolute atomic E-state index is 13.3. The minimum Gasteiger partial charge on any atom is -0.388 e. The largest absolute Gasteiger partial charge is 0.393 e. The Morgan fingerprint density at radius 1 is 1.09 bits per heavy atom. The zero-order chi connectivity index (χ0) is 23.3. The zero-order valence-electron chi connectivity index (χ0n) is 18.4. The Bertz CT molecular complexity index is 1100. The first-order chi connectivity index (χ1) is 15.2. The molecule has 0 N–H and O–H groups in total. The minimum absolute atomic E-state index is 0.392. The minimum atomic E-state index is -4.40. The smallest absolute Gasteiger partial charge is 0.388 e. The highest BCUT2D eigenvalue weighted by atomic mass is 19.4. The summed E-state index contributed by atoms with van der Waals surface area (Å²) in [5.74, 6) is 0. The van der Waals surface area contributed by atoms with E-state index in [1.807, 2.05) is 19.1 Å². The fraction of sp³-hybridized carbons (Fsp3) is 0.360. The fourth-order valence-corrected chi connectivity index (χ4v) is 3.55. The van der Waals surface area contributed by atoms with Gasteiger partial charge in [0, 0.05) is 0 Å². The van der Waals surface area contributed by atoms with Crippen molar-refractivity contribution in [1.29, 1.82) is 5.26 Å². The number of aryl methyl sites for hydroxylation is 1. The Morgan fingerprint density at radius 3 is 2.41 bits per heavy atom. The summed E-state index contributed by atoms with van der Waals surface area (Å²) < 4.78 is 40.0. The average molecular weight is 441 g/mol. The summed E-state index contributed by atoms with van der Waals surface area (Å²) in [5, 5.41) is 13.7. The first-order valence-electron chi connectivity index (χ1n) is 10.6. The molecule has 0 amide bonds. The van der Waals surface area contributed by atoms with Crippen molar-refractivity contribution >= 4 is 0 Å². The molecule has 0 bridgehead atoms. The number of benzene rings is 2. The second-order valence-electron chi connectivity index (χ2n) is 7.83. The van der Waals surface area contributed by atoms with Gasteiger partial charge in [-0.1, -0.05) is 55.8 Å². The van der Waals surface area contributed by atoms with Crippen LogP contribution in [-0.4, -0.2) is 16.1 Å². The average Bonchev–Trinajstić information content (AvgIpc) is 3.04. The van der Waals surface area contributed by atoms with Crippen LogP contribution in [0.2, 0.25) is 0 Å². The molecule has 0 aliphatic rings. The molecule has 7 heteroatoms. The van der Waals surface area contributed by atoms with Crippen LogP contribution in [0.4, 0.5) is 13.2 Å². The molecule has 0 saturated heterocycles. The number of aromatic nitrogens is 2. The lowest BCUT2D eigenvalue weighted by atomic mass is 9.97. The number of nitrogens with zero attached hydrogens (tertiary/aromatic N) is 3. The number of nitriles is 1. The molecular formula is C25H26F3N3O. The summed E-state index contributed by atoms with van der Waals surface area (Å²) in [5.41, 5.74) is 4.86. The molecule has 0 fully saturated rings. The van der Waals surface area contributed by atoms with Crippen LogP contribution in [0.1, 0.15) is 60.4 Å². The highest BCUT2D eigenvalue weighted by Crippen LogP contribution is 2.32. The van der Waals surface area contributed by atoms with E-state index in [0.717, 1.165) is 41.6 Å². The Hall–Kier alpha value is -3.27. The van der Waals surface area contributed by atoms with Crippen molar-refractivity contribution in [2.75, 3.05) is 0 Å². The lowest BCUT2D eigenvalue weighted by molar-refractivity contribution is -0.164. The lowest BCUT2D eigenvalue weighted by Gasteiger charge is -2.21. The molecule has 2 aromatic carbocycles. The van der Waals surface area contributed by atoms with E-state index < -0.39 is 18.7 Å². The maximum atomic E-state index is 13.3. The molecule has 1 heterocycles. The van der Waals surface area contributed by atoms with Crippen molar-refractivity contribution in [3.63, 3.8) is 0 Å². The number of hydrogen-bond donors (Lipinski definition) is 0. The van der Waals surface area contributed by atoms with Gasteiger partial charge in [-0.25, -0.2) is 0 Å². The first kappa shape index (κ1) is 23.4. The normalized spacial score (nSPS) is 12.4. The molecule has 0 spiro atoms. The first-order valence-corrected chi connectivity index (χ1v) is 10.6. The van der Waals surface area contributed by atoms with Crippen molar-refractivity contribution in [2.24, 2.45) is 0 Å². The highest BCUT2D eigenvalue weighted by molar-refractivity contribution is 5.70. The second kappa shape index (κ2) is 9.90. The molecule has 32 heavy (non-hydrogen) atoms. The molecule has 0 aliphatic heterocycles. The maximum Gasteiger partial charge on any atom is 0.393 e. The summed E-state index contributed by atoms with van der Waals surface area (Å²) >= 11 is 0. The summed E-state index contributed by atoms with van der Waals surface area (Å²) in [6.45, 7) is 5.78. The van der Waals surface area contributed by atoms with Gasteiger partial charge >= 0.3 is 6.18 Å². The van der Waals surface area contributed by atoms with Gasteiger partial charge in [0.25, 0.3) is 0 Å². The van der Waals surface area contributed by atoms with Crippen molar-refractivity contribution in [3.05, 3.63) is 76.6 Å². The molecule has 0 saturated carbocycles. The Labute approximate surface area is 186 Å². The summed E-state index contributed by atoms with van der Waals surface area (Å²) in [7, 11) is 0. The van der Waals surface area contributed by atoms with Crippen LogP contribution in [0, 0.1) is 25.2 Å². The number of alkyl halides is 3. The second-order valence-corrected chi connectivity index (χ2v) is 7.83. The van der Waals surface area contributed by atoms with Crippen molar-refractivity contribution in [2.45, 2.75) is 58.7 Å². The summed E-state index contributed by atoms with van der Waals surface area (Å²) in [6, 6.07) is 15.9. The molecule has 3 rings (SSSR count). The number of rotatable bonds is 8. The van der Waals surface area contributed by atoms with Gasteiger partial charge in [-0.05, 0) is 55.0 Å². The molecule has 168 valence electrons. The topological polar surface area (TPSA) is 50.8 Å². The summed E-state index contributed by atoms with van der Waals surface area (Å²) in [4.78, 5) is 7.00. The van der Waals surface area contributed by atoms with E-state index in [1.54, 1.807) is 43.3 Å². The summed E-state index contributed by atoms with van der Waals surface area (Å²) in [6.07, 6.45) is -4.07. The molecule has 3 aromatic rings. The fourth-order valence-electron chi connectivity index (χ4n) is 3.55. The Balaban J connectivity index is 1.91. The molecule has 1 aromatic heterocycles. The van der Waals surface area contributed by atoms with Gasteiger partial charge in [-0.2, -0.15) is 18.4 Å². The molecule has 0 aliphatic carbocycles. The van der Waals surface area contributed by atoms with Crippen LogP contribution in [0.15, 0.2) is 48.5 Å². The van der Waals surface area contributed by atoms with E-state index in [-0.39, 0.29) is 0 Å². The third-order valence-electron chi connectivity index (χ3n) is 5.53. The van der Waals surface area contributed by atoms with E-state index >= 15 is 0 Å². The molecule has 1 atom stereocenters. The van der Waals surface area contributed by atoms with E-state index in [0.29, 0.717) is 16.8 Å². The highest BCUT2D eigenvalue weighted by Gasteiger charge is 2.35. The van der Waals surface area contributed by atoms with Crippen LogP contribution in [0.3, 0.4) is 0 Å². The van der Waals surface area contributed by atoms with Crippen molar-refractivity contribution < 1.29 is 18.0 Å². The van der Waals surface area contributed by atoms with Gasteiger partial charge in [-0.15, -0.1) is 9.94 Å². The van der Waals surface area contributed by atoms with Gasteiger partial charge in [0.05, 0.1) is 29.4 Å². The van der Waals surface area contributed by atoms with E-state index in [1.165, 1.54) is 4.85 Å². The third-order valence-corrected chi connectivity index (χ3v) is 5.53.